The maximum absolute atomic E-state index is 5.95. The molecular formula is C12H14ClN3S2. The van der Waals surface area contributed by atoms with Crippen molar-refractivity contribution in [1.29, 1.82) is 0 Å². The SMILES string of the molecule is CSc1nc(Cl)cc(NC(C)Cc2ccsc2)n1. The minimum Gasteiger partial charge on any atom is -0.367 e. The molecule has 0 fully saturated rings. The second-order valence-corrected chi connectivity index (χ2v) is 5.88. The summed E-state index contributed by atoms with van der Waals surface area (Å²) in [4.78, 5) is 8.49. The van der Waals surface area contributed by atoms with E-state index >= 15 is 0 Å². The standard InChI is InChI=1S/C12H14ClN3S2/c1-8(5-9-3-4-18-7-9)14-11-6-10(13)15-12(16-11)17-2/h3-4,6-8H,5H2,1-2H3,(H,14,15,16). The molecule has 0 aliphatic rings. The van der Waals surface area contributed by atoms with Crippen LogP contribution in [0, 0.1) is 0 Å². The van der Waals surface area contributed by atoms with E-state index in [0.29, 0.717) is 16.4 Å². The Balaban J connectivity index is 2.02. The predicted molar refractivity (Wildman–Crippen MR) is 79.9 cm³/mol. The van der Waals surface area contributed by atoms with Crippen molar-refractivity contribution >= 4 is 40.5 Å². The average Bonchev–Trinajstić information content (AvgIpc) is 2.80. The van der Waals surface area contributed by atoms with Crippen molar-refractivity contribution in [3.8, 4) is 0 Å². The van der Waals surface area contributed by atoms with Gasteiger partial charge in [0, 0.05) is 12.1 Å². The van der Waals surface area contributed by atoms with Crippen molar-refractivity contribution in [2.75, 3.05) is 11.6 Å². The van der Waals surface area contributed by atoms with E-state index in [9.17, 15) is 0 Å². The third-order valence-corrected chi connectivity index (χ3v) is 3.85. The molecule has 2 aromatic rings. The number of thiophene rings is 1. The minimum atomic E-state index is 0.306. The van der Waals surface area contributed by atoms with Gasteiger partial charge in [0.05, 0.1) is 0 Å². The Hall–Kier alpha value is -0.780. The quantitative estimate of drug-likeness (QED) is 0.515. The lowest BCUT2D eigenvalue weighted by Crippen LogP contribution is -2.18. The fourth-order valence-corrected chi connectivity index (χ4v) is 2.92. The predicted octanol–water partition coefficient (Wildman–Crippen LogP) is 3.96. The highest BCUT2D eigenvalue weighted by molar-refractivity contribution is 7.98. The van der Waals surface area contributed by atoms with Crippen LogP contribution in [0.4, 0.5) is 5.82 Å². The molecular weight excluding hydrogens is 286 g/mol. The molecule has 18 heavy (non-hydrogen) atoms. The molecule has 0 spiro atoms. The Morgan fingerprint density at radius 1 is 1.50 bits per heavy atom. The zero-order valence-electron chi connectivity index (χ0n) is 10.2. The van der Waals surface area contributed by atoms with Crippen LogP contribution in [-0.4, -0.2) is 22.3 Å². The Morgan fingerprint density at radius 2 is 2.33 bits per heavy atom. The first-order valence-corrected chi connectivity index (χ1v) is 8.08. The highest BCUT2D eigenvalue weighted by Gasteiger charge is 2.07. The first-order valence-electron chi connectivity index (χ1n) is 5.53. The lowest BCUT2D eigenvalue weighted by Gasteiger charge is -2.14. The number of nitrogens with one attached hydrogen (secondary N) is 1. The van der Waals surface area contributed by atoms with Crippen LogP contribution in [0.1, 0.15) is 12.5 Å². The van der Waals surface area contributed by atoms with E-state index in [-0.39, 0.29) is 0 Å². The molecule has 0 aliphatic carbocycles. The molecule has 1 N–H and O–H groups in total. The van der Waals surface area contributed by atoms with E-state index in [1.807, 2.05) is 6.26 Å². The van der Waals surface area contributed by atoms with Gasteiger partial charge in [-0.1, -0.05) is 23.4 Å². The molecule has 6 heteroatoms. The summed E-state index contributed by atoms with van der Waals surface area (Å²) in [6, 6.07) is 4.20. The van der Waals surface area contributed by atoms with Crippen molar-refractivity contribution in [2.45, 2.75) is 24.5 Å². The molecule has 96 valence electrons. The van der Waals surface area contributed by atoms with Gasteiger partial charge >= 0.3 is 0 Å². The molecule has 2 heterocycles. The number of nitrogens with zero attached hydrogens (tertiary/aromatic N) is 2. The largest absolute Gasteiger partial charge is 0.367 e. The zero-order valence-corrected chi connectivity index (χ0v) is 12.6. The fraction of sp³-hybridized carbons (Fsp3) is 0.333. The number of hydrogen-bond acceptors (Lipinski definition) is 5. The lowest BCUT2D eigenvalue weighted by atomic mass is 10.1. The van der Waals surface area contributed by atoms with Crippen LogP contribution in [-0.2, 0) is 6.42 Å². The number of halogens is 1. The summed E-state index contributed by atoms with van der Waals surface area (Å²) in [7, 11) is 0. The molecule has 2 aromatic heterocycles. The molecule has 0 amide bonds. The third kappa shape index (κ3) is 3.86. The summed E-state index contributed by atoms with van der Waals surface area (Å²) in [5, 5.41) is 8.77. The molecule has 0 radical (unpaired) electrons. The van der Waals surface area contributed by atoms with E-state index in [4.69, 9.17) is 11.6 Å². The number of anilines is 1. The molecule has 0 bridgehead atoms. The molecule has 0 saturated carbocycles. The van der Waals surface area contributed by atoms with Crippen LogP contribution in [0.3, 0.4) is 0 Å². The maximum atomic E-state index is 5.95. The Bertz CT molecular complexity index is 502. The second kappa shape index (κ2) is 6.41. The van der Waals surface area contributed by atoms with Crippen molar-refractivity contribution in [3.63, 3.8) is 0 Å². The molecule has 3 nitrogen and oxygen atoms in total. The van der Waals surface area contributed by atoms with Crippen LogP contribution >= 0.6 is 34.7 Å². The van der Waals surface area contributed by atoms with E-state index in [2.05, 4.69) is 39.0 Å². The summed E-state index contributed by atoms with van der Waals surface area (Å²) >= 11 is 9.16. The summed E-state index contributed by atoms with van der Waals surface area (Å²) in [6.45, 7) is 2.13. The van der Waals surface area contributed by atoms with Crippen LogP contribution in [0.25, 0.3) is 0 Å². The van der Waals surface area contributed by atoms with E-state index in [1.54, 1.807) is 17.4 Å². The highest BCUT2D eigenvalue weighted by atomic mass is 35.5. The average molecular weight is 300 g/mol. The van der Waals surface area contributed by atoms with Crippen molar-refractivity contribution in [2.24, 2.45) is 0 Å². The summed E-state index contributed by atoms with van der Waals surface area (Å²) in [5.74, 6) is 0.780. The molecule has 0 saturated heterocycles. The molecule has 0 aliphatic heterocycles. The minimum absolute atomic E-state index is 0.306. The maximum Gasteiger partial charge on any atom is 0.190 e. The van der Waals surface area contributed by atoms with Gasteiger partial charge < -0.3 is 5.32 Å². The van der Waals surface area contributed by atoms with Crippen molar-refractivity contribution in [1.82, 2.24) is 9.97 Å². The van der Waals surface area contributed by atoms with Crippen molar-refractivity contribution in [3.05, 3.63) is 33.6 Å². The highest BCUT2D eigenvalue weighted by Crippen LogP contribution is 2.18. The zero-order chi connectivity index (χ0) is 13.0. The Kier molecular flexibility index (Phi) is 4.86. The number of aromatic nitrogens is 2. The normalized spacial score (nSPS) is 12.4. The summed E-state index contributed by atoms with van der Waals surface area (Å²) < 4.78 is 0. The van der Waals surface area contributed by atoms with Crippen LogP contribution in [0.5, 0.6) is 0 Å². The van der Waals surface area contributed by atoms with Gasteiger partial charge in [0.1, 0.15) is 11.0 Å². The van der Waals surface area contributed by atoms with E-state index < -0.39 is 0 Å². The van der Waals surface area contributed by atoms with Gasteiger partial charge in [-0.2, -0.15) is 11.3 Å². The number of thioether (sulfide) groups is 1. The van der Waals surface area contributed by atoms with Gasteiger partial charge in [0.15, 0.2) is 5.16 Å². The second-order valence-electron chi connectivity index (χ2n) is 3.94. The van der Waals surface area contributed by atoms with Gasteiger partial charge in [-0.25, -0.2) is 9.97 Å². The monoisotopic (exact) mass is 299 g/mol. The van der Waals surface area contributed by atoms with Gasteiger partial charge in [-0.15, -0.1) is 0 Å². The smallest absolute Gasteiger partial charge is 0.190 e. The van der Waals surface area contributed by atoms with Crippen LogP contribution in [0.15, 0.2) is 28.0 Å². The molecule has 0 aromatic carbocycles. The van der Waals surface area contributed by atoms with Crippen molar-refractivity contribution < 1.29 is 0 Å². The molecule has 2 rings (SSSR count). The van der Waals surface area contributed by atoms with Gasteiger partial charge in [0.25, 0.3) is 0 Å². The topological polar surface area (TPSA) is 37.8 Å². The Morgan fingerprint density at radius 3 is 3.00 bits per heavy atom. The van der Waals surface area contributed by atoms with Gasteiger partial charge in [-0.3, -0.25) is 0 Å². The molecule has 1 atom stereocenters. The van der Waals surface area contributed by atoms with Gasteiger partial charge in [0.2, 0.25) is 0 Å². The van der Waals surface area contributed by atoms with Crippen LogP contribution < -0.4 is 5.32 Å². The molecule has 1 unspecified atom stereocenters. The summed E-state index contributed by atoms with van der Waals surface area (Å²) in [5.41, 5.74) is 1.34. The van der Waals surface area contributed by atoms with Crippen LogP contribution in [0.2, 0.25) is 5.15 Å². The van der Waals surface area contributed by atoms with E-state index in [1.165, 1.54) is 17.3 Å². The Labute approximate surface area is 120 Å². The first-order chi connectivity index (χ1) is 8.67. The first kappa shape index (κ1) is 13.6. The fourth-order valence-electron chi connectivity index (χ4n) is 1.63. The third-order valence-electron chi connectivity index (χ3n) is 2.37. The summed E-state index contributed by atoms with van der Waals surface area (Å²) in [6.07, 6.45) is 2.91. The number of hydrogen-bond donors (Lipinski definition) is 1. The van der Waals surface area contributed by atoms with Gasteiger partial charge in [-0.05, 0) is 42.0 Å². The lowest BCUT2D eigenvalue weighted by molar-refractivity contribution is 0.780. The number of rotatable bonds is 5. The van der Waals surface area contributed by atoms with E-state index in [0.717, 1.165) is 12.2 Å².